The number of alkyl halides is 3. The summed E-state index contributed by atoms with van der Waals surface area (Å²) in [4.78, 5) is 0. The summed E-state index contributed by atoms with van der Waals surface area (Å²) in [5.74, 6) is -0.937. The third-order valence-electron chi connectivity index (χ3n) is 2.82. The third-order valence-corrected chi connectivity index (χ3v) is 2.82. The highest BCUT2D eigenvalue weighted by atomic mass is 19.4. The maximum atomic E-state index is 13.1. The van der Waals surface area contributed by atoms with Gasteiger partial charge in [0.1, 0.15) is 11.6 Å². The molecule has 6 heteroatoms. The van der Waals surface area contributed by atoms with E-state index in [1.165, 1.54) is 36.4 Å². The first-order valence-electron chi connectivity index (χ1n) is 6.12. The van der Waals surface area contributed by atoms with Gasteiger partial charge < -0.3 is 9.84 Å². The van der Waals surface area contributed by atoms with Crippen molar-refractivity contribution in [3.63, 3.8) is 0 Å². The molecule has 1 unspecified atom stereocenters. The molecule has 1 N–H and O–H groups in total. The fourth-order valence-corrected chi connectivity index (χ4v) is 1.97. The number of para-hydroxylation sites is 1. The van der Waals surface area contributed by atoms with E-state index >= 15 is 0 Å². The predicted octanol–water partition coefficient (Wildman–Crippen LogP) is 4.00. The molecular formula is C15H12F4O2. The predicted molar refractivity (Wildman–Crippen MR) is 68.2 cm³/mol. The van der Waals surface area contributed by atoms with E-state index < -0.39 is 24.0 Å². The van der Waals surface area contributed by atoms with Gasteiger partial charge in [0, 0.05) is 12.0 Å². The zero-order valence-electron chi connectivity index (χ0n) is 10.8. The summed E-state index contributed by atoms with van der Waals surface area (Å²) < 4.78 is 53.9. The Morgan fingerprint density at radius 1 is 1.05 bits per heavy atom. The summed E-state index contributed by atoms with van der Waals surface area (Å²) in [6.07, 6.45) is -6.09. The lowest BCUT2D eigenvalue weighted by molar-refractivity contribution is -0.275. The zero-order valence-corrected chi connectivity index (χ0v) is 10.8. The van der Waals surface area contributed by atoms with E-state index in [2.05, 4.69) is 4.74 Å². The van der Waals surface area contributed by atoms with E-state index in [-0.39, 0.29) is 12.0 Å². The van der Waals surface area contributed by atoms with Crippen LogP contribution in [0.1, 0.15) is 17.2 Å². The summed E-state index contributed by atoms with van der Waals surface area (Å²) in [6, 6.07) is 10.8. The van der Waals surface area contributed by atoms with Crippen molar-refractivity contribution in [1.29, 1.82) is 0 Å². The first-order valence-corrected chi connectivity index (χ1v) is 6.12. The molecule has 0 heterocycles. The van der Waals surface area contributed by atoms with Crippen LogP contribution < -0.4 is 4.74 Å². The summed E-state index contributed by atoms with van der Waals surface area (Å²) in [6.45, 7) is 0. The number of aliphatic hydroxyl groups excluding tert-OH is 1. The fraction of sp³-hybridized carbons (Fsp3) is 0.200. The summed E-state index contributed by atoms with van der Waals surface area (Å²) in [7, 11) is 0. The molecule has 0 bridgehead atoms. The van der Waals surface area contributed by atoms with Gasteiger partial charge in [-0.3, -0.25) is 0 Å². The maximum absolute atomic E-state index is 13.1. The van der Waals surface area contributed by atoms with Crippen molar-refractivity contribution >= 4 is 0 Å². The molecule has 0 fully saturated rings. The van der Waals surface area contributed by atoms with Crippen LogP contribution in [0.15, 0.2) is 48.5 Å². The molecule has 2 nitrogen and oxygen atoms in total. The first kappa shape index (κ1) is 15.3. The molecule has 0 radical (unpaired) electrons. The zero-order chi connectivity index (χ0) is 15.5. The molecule has 0 aliphatic carbocycles. The Kier molecular flexibility index (Phi) is 4.47. The van der Waals surface area contributed by atoms with Crippen LogP contribution in [-0.4, -0.2) is 11.5 Å². The van der Waals surface area contributed by atoms with Crippen molar-refractivity contribution in [3.05, 3.63) is 65.5 Å². The number of hydrogen-bond acceptors (Lipinski definition) is 2. The maximum Gasteiger partial charge on any atom is 0.573 e. The smallest absolute Gasteiger partial charge is 0.405 e. The van der Waals surface area contributed by atoms with Crippen molar-refractivity contribution in [2.24, 2.45) is 0 Å². The van der Waals surface area contributed by atoms with E-state index in [9.17, 15) is 22.7 Å². The minimum atomic E-state index is -4.84. The number of halogens is 4. The van der Waals surface area contributed by atoms with Gasteiger partial charge >= 0.3 is 6.36 Å². The molecule has 0 aliphatic heterocycles. The van der Waals surface area contributed by atoms with E-state index in [1.54, 1.807) is 6.07 Å². The minimum Gasteiger partial charge on any atom is -0.405 e. The van der Waals surface area contributed by atoms with Crippen molar-refractivity contribution in [3.8, 4) is 5.75 Å². The van der Waals surface area contributed by atoms with Crippen LogP contribution in [0, 0.1) is 5.82 Å². The van der Waals surface area contributed by atoms with Crippen molar-refractivity contribution < 1.29 is 27.4 Å². The SMILES string of the molecule is OC(Cc1cccc(F)c1)c1ccccc1OC(F)(F)F. The van der Waals surface area contributed by atoms with E-state index in [0.717, 1.165) is 6.07 Å². The highest BCUT2D eigenvalue weighted by Crippen LogP contribution is 2.31. The molecule has 0 aliphatic rings. The Morgan fingerprint density at radius 3 is 2.43 bits per heavy atom. The average molecular weight is 300 g/mol. The van der Waals surface area contributed by atoms with Crippen LogP contribution >= 0.6 is 0 Å². The highest BCUT2D eigenvalue weighted by molar-refractivity contribution is 5.36. The van der Waals surface area contributed by atoms with Crippen molar-refractivity contribution in [2.75, 3.05) is 0 Å². The second kappa shape index (κ2) is 6.13. The first-order chi connectivity index (χ1) is 9.85. The van der Waals surface area contributed by atoms with Crippen LogP contribution in [0.4, 0.5) is 17.6 Å². The highest BCUT2D eigenvalue weighted by Gasteiger charge is 2.32. The number of rotatable bonds is 4. The third kappa shape index (κ3) is 4.46. The molecule has 112 valence electrons. The van der Waals surface area contributed by atoms with Gasteiger partial charge in [-0.05, 0) is 23.8 Å². The normalized spacial score (nSPS) is 13.0. The van der Waals surface area contributed by atoms with Crippen molar-refractivity contribution in [1.82, 2.24) is 0 Å². The molecule has 1 atom stereocenters. The van der Waals surface area contributed by atoms with Gasteiger partial charge in [0.05, 0.1) is 6.10 Å². The second-order valence-corrected chi connectivity index (χ2v) is 4.44. The van der Waals surface area contributed by atoms with Gasteiger partial charge in [-0.15, -0.1) is 13.2 Å². The number of ether oxygens (including phenoxy) is 1. The molecule has 0 saturated carbocycles. The van der Waals surface area contributed by atoms with E-state index in [1.807, 2.05) is 0 Å². The second-order valence-electron chi connectivity index (χ2n) is 4.44. The van der Waals surface area contributed by atoms with Gasteiger partial charge in [0.15, 0.2) is 0 Å². The molecule has 0 aromatic heterocycles. The Hall–Kier alpha value is -2.08. The monoisotopic (exact) mass is 300 g/mol. The summed E-state index contributed by atoms with van der Waals surface area (Å²) in [5, 5.41) is 10.1. The number of hydrogen-bond donors (Lipinski definition) is 1. The molecule has 0 saturated heterocycles. The minimum absolute atomic E-state index is 0.000846. The van der Waals surface area contributed by atoms with Crippen LogP contribution in [0.5, 0.6) is 5.75 Å². The molecule has 2 aromatic carbocycles. The lowest BCUT2D eigenvalue weighted by Gasteiger charge is -2.17. The van der Waals surface area contributed by atoms with Crippen molar-refractivity contribution in [2.45, 2.75) is 18.9 Å². The van der Waals surface area contributed by atoms with Crippen LogP contribution in [0.25, 0.3) is 0 Å². The van der Waals surface area contributed by atoms with Gasteiger partial charge in [-0.25, -0.2) is 4.39 Å². The standard InChI is InChI=1S/C15H12F4O2/c16-11-5-3-4-10(8-11)9-13(20)12-6-1-2-7-14(12)21-15(17,18)19/h1-8,13,20H,9H2. The molecule has 21 heavy (non-hydrogen) atoms. The molecule has 2 rings (SSSR count). The van der Waals surface area contributed by atoms with Gasteiger partial charge in [-0.1, -0.05) is 30.3 Å². The van der Waals surface area contributed by atoms with Crippen LogP contribution in [0.2, 0.25) is 0 Å². The Balaban J connectivity index is 2.21. The average Bonchev–Trinajstić information content (AvgIpc) is 2.37. The summed E-state index contributed by atoms with van der Waals surface area (Å²) >= 11 is 0. The van der Waals surface area contributed by atoms with E-state index in [4.69, 9.17) is 0 Å². The molecule has 0 spiro atoms. The largest absolute Gasteiger partial charge is 0.573 e. The van der Waals surface area contributed by atoms with Gasteiger partial charge in [0.25, 0.3) is 0 Å². The molecular weight excluding hydrogens is 288 g/mol. The number of aliphatic hydroxyl groups is 1. The van der Waals surface area contributed by atoms with Gasteiger partial charge in [-0.2, -0.15) is 0 Å². The molecule has 0 amide bonds. The van der Waals surface area contributed by atoms with Crippen LogP contribution in [-0.2, 0) is 6.42 Å². The lowest BCUT2D eigenvalue weighted by atomic mass is 10.0. The quantitative estimate of drug-likeness (QED) is 0.865. The summed E-state index contributed by atoms with van der Waals surface area (Å²) in [5.41, 5.74) is 0.475. The topological polar surface area (TPSA) is 29.5 Å². The Labute approximate surface area is 118 Å². The van der Waals surface area contributed by atoms with Crippen LogP contribution in [0.3, 0.4) is 0 Å². The Morgan fingerprint density at radius 2 is 1.76 bits per heavy atom. The van der Waals surface area contributed by atoms with Gasteiger partial charge in [0.2, 0.25) is 0 Å². The Bertz CT molecular complexity index is 611. The number of benzene rings is 2. The van der Waals surface area contributed by atoms with E-state index in [0.29, 0.717) is 5.56 Å². The lowest BCUT2D eigenvalue weighted by Crippen LogP contribution is -2.19. The fourth-order valence-electron chi connectivity index (χ4n) is 1.97. The molecule has 2 aromatic rings.